The summed E-state index contributed by atoms with van der Waals surface area (Å²) in [6, 6.07) is 3.75. The van der Waals surface area contributed by atoms with E-state index in [1.54, 1.807) is 0 Å². The number of hydrogen-bond donors (Lipinski definition) is 2. The third kappa shape index (κ3) is 2.56. The molecule has 0 aliphatic rings. The lowest BCUT2D eigenvalue weighted by atomic mass is 10.1. The first-order valence-corrected chi connectivity index (χ1v) is 5.54. The van der Waals surface area contributed by atoms with Gasteiger partial charge in [-0.3, -0.25) is 10.1 Å². The number of carboxylic acid groups (broad SMARTS) is 2. The first-order valence-electron chi connectivity index (χ1n) is 5.54. The normalized spacial score (nSPS) is 10.3. The van der Waals surface area contributed by atoms with E-state index in [-0.39, 0.29) is 17.1 Å². The third-order valence-electron chi connectivity index (χ3n) is 2.68. The number of oxazole rings is 1. The molecule has 9 nitrogen and oxygen atoms in total. The van der Waals surface area contributed by atoms with Gasteiger partial charge >= 0.3 is 11.9 Å². The van der Waals surface area contributed by atoms with Gasteiger partial charge in [0.2, 0.25) is 17.3 Å². The zero-order valence-electron chi connectivity index (χ0n) is 10.6. The molecule has 9 heteroatoms. The number of aromatic nitrogens is 1. The molecule has 0 radical (unpaired) electrons. The molecule has 0 unspecified atom stereocenters. The molecule has 2 rings (SSSR count). The minimum absolute atomic E-state index is 0.153. The first kappa shape index (κ1) is 14.2. The molecule has 108 valence electrons. The van der Waals surface area contributed by atoms with Gasteiger partial charge in [-0.05, 0) is 18.6 Å². The van der Waals surface area contributed by atoms with Gasteiger partial charge in [0.1, 0.15) is 0 Å². The smallest absolute Gasteiger partial charge is 0.374 e. The number of nitro benzene ring substituents is 1. The number of aromatic carboxylic acids is 2. The molecule has 0 saturated carbocycles. The highest BCUT2D eigenvalue weighted by molar-refractivity contribution is 5.98. The summed E-state index contributed by atoms with van der Waals surface area (Å²) < 4.78 is 4.94. The number of benzene rings is 1. The number of aryl methyl sites for hydroxylation is 1. The van der Waals surface area contributed by atoms with E-state index in [2.05, 4.69) is 4.98 Å². The van der Waals surface area contributed by atoms with Crippen LogP contribution in [0.3, 0.4) is 0 Å². The number of carbonyl (C=O) groups is 2. The van der Waals surface area contributed by atoms with Crippen molar-refractivity contribution in [1.29, 1.82) is 0 Å². The molecule has 2 N–H and O–H groups in total. The van der Waals surface area contributed by atoms with Crippen LogP contribution in [0.5, 0.6) is 0 Å². The minimum atomic E-state index is -1.56. The topological polar surface area (TPSA) is 144 Å². The Hall–Kier alpha value is -3.23. The van der Waals surface area contributed by atoms with E-state index in [1.807, 2.05) is 0 Å². The predicted molar refractivity (Wildman–Crippen MR) is 67.2 cm³/mol. The van der Waals surface area contributed by atoms with E-state index in [1.165, 1.54) is 25.1 Å². The molecule has 0 amide bonds. The van der Waals surface area contributed by atoms with E-state index in [0.29, 0.717) is 5.56 Å². The second-order valence-corrected chi connectivity index (χ2v) is 4.06. The lowest BCUT2D eigenvalue weighted by molar-refractivity contribution is -0.384. The molecule has 0 saturated heterocycles. The monoisotopic (exact) mass is 292 g/mol. The van der Waals surface area contributed by atoms with Crippen LogP contribution in [-0.2, 0) is 0 Å². The zero-order valence-corrected chi connectivity index (χ0v) is 10.6. The molecular formula is C12H8N2O7. The van der Waals surface area contributed by atoms with Crippen molar-refractivity contribution in [2.75, 3.05) is 0 Å². The summed E-state index contributed by atoms with van der Waals surface area (Å²) >= 11 is 0. The highest BCUT2D eigenvalue weighted by atomic mass is 16.6. The molecule has 1 aromatic carbocycles. The number of nitrogens with zero attached hydrogens (tertiary/aromatic N) is 2. The SMILES string of the molecule is Cc1cc([N+](=O)[O-])ccc1-c1nc(C(=O)O)c(C(=O)O)o1. The Labute approximate surface area is 116 Å². The number of hydrogen-bond acceptors (Lipinski definition) is 6. The van der Waals surface area contributed by atoms with Crippen molar-refractivity contribution in [3.8, 4) is 11.5 Å². The van der Waals surface area contributed by atoms with Gasteiger partial charge in [-0.25, -0.2) is 14.6 Å². The van der Waals surface area contributed by atoms with E-state index < -0.39 is 28.3 Å². The van der Waals surface area contributed by atoms with Crippen molar-refractivity contribution in [1.82, 2.24) is 4.98 Å². The largest absolute Gasteiger partial charge is 0.476 e. The Kier molecular flexibility index (Phi) is 3.40. The van der Waals surface area contributed by atoms with Gasteiger partial charge in [0.25, 0.3) is 5.69 Å². The molecule has 0 aliphatic heterocycles. The average molecular weight is 292 g/mol. The van der Waals surface area contributed by atoms with Crippen molar-refractivity contribution in [3.63, 3.8) is 0 Å². The van der Waals surface area contributed by atoms with Gasteiger partial charge in [-0.1, -0.05) is 0 Å². The molecule has 0 spiro atoms. The summed E-state index contributed by atoms with van der Waals surface area (Å²) in [6.07, 6.45) is 0. The van der Waals surface area contributed by atoms with Crippen LogP contribution < -0.4 is 0 Å². The van der Waals surface area contributed by atoms with E-state index >= 15 is 0 Å². The van der Waals surface area contributed by atoms with Gasteiger partial charge in [0, 0.05) is 17.7 Å². The number of nitro groups is 1. The van der Waals surface area contributed by atoms with Crippen LogP contribution in [0, 0.1) is 17.0 Å². The maximum absolute atomic E-state index is 10.9. The highest BCUT2D eigenvalue weighted by Gasteiger charge is 2.26. The fourth-order valence-corrected chi connectivity index (χ4v) is 1.73. The van der Waals surface area contributed by atoms with Crippen molar-refractivity contribution < 1.29 is 29.1 Å². The Balaban J connectivity index is 2.57. The summed E-state index contributed by atoms with van der Waals surface area (Å²) in [5.74, 6) is -4.12. The molecule has 21 heavy (non-hydrogen) atoms. The van der Waals surface area contributed by atoms with Crippen LogP contribution in [0.1, 0.15) is 26.6 Å². The van der Waals surface area contributed by atoms with Gasteiger partial charge in [0.15, 0.2) is 0 Å². The van der Waals surface area contributed by atoms with Crippen LogP contribution in [0.15, 0.2) is 22.6 Å². The molecule has 0 fully saturated rings. The Morgan fingerprint density at radius 1 is 1.29 bits per heavy atom. The van der Waals surface area contributed by atoms with E-state index in [4.69, 9.17) is 14.6 Å². The Bertz CT molecular complexity index is 731. The first-order chi connectivity index (χ1) is 9.81. The quantitative estimate of drug-likeness (QED) is 0.642. The molecule has 2 aromatic rings. The van der Waals surface area contributed by atoms with Crippen LogP contribution in [-0.4, -0.2) is 32.1 Å². The zero-order chi connectivity index (χ0) is 15.7. The molecular weight excluding hydrogens is 284 g/mol. The summed E-state index contributed by atoms with van der Waals surface area (Å²) in [5, 5.41) is 28.4. The maximum atomic E-state index is 10.9. The Morgan fingerprint density at radius 3 is 2.38 bits per heavy atom. The molecule has 1 aromatic heterocycles. The van der Waals surface area contributed by atoms with Gasteiger partial charge < -0.3 is 14.6 Å². The van der Waals surface area contributed by atoms with Crippen LogP contribution in [0.25, 0.3) is 11.5 Å². The number of non-ortho nitro benzene ring substituents is 1. The van der Waals surface area contributed by atoms with Crippen LogP contribution in [0.2, 0.25) is 0 Å². The maximum Gasteiger partial charge on any atom is 0.374 e. The average Bonchev–Trinajstić information content (AvgIpc) is 2.83. The van der Waals surface area contributed by atoms with Crippen molar-refractivity contribution in [2.45, 2.75) is 6.92 Å². The van der Waals surface area contributed by atoms with E-state index in [0.717, 1.165) is 0 Å². The molecule has 0 atom stereocenters. The molecule has 1 heterocycles. The number of rotatable bonds is 4. The molecule has 0 aliphatic carbocycles. The van der Waals surface area contributed by atoms with Crippen LogP contribution in [0.4, 0.5) is 5.69 Å². The lowest BCUT2D eigenvalue weighted by Gasteiger charge is -2.00. The van der Waals surface area contributed by atoms with Gasteiger partial charge in [-0.2, -0.15) is 0 Å². The predicted octanol–water partition coefficient (Wildman–Crippen LogP) is 1.95. The van der Waals surface area contributed by atoms with Crippen LogP contribution >= 0.6 is 0 Å². The summed E-state index contributed by atoms with van der Waals surface area (Å²) in [7, 11) is 0. The standard InChI is InChI=1S/C12H8N2O7/c1-5-4-6(14(19)20)2-3-7(5)10-13-8(11(15)16)9(21-10)12(17)18/h2-4H,1H3,(H,15,16)(H,17,18). The summed E-state index contributed by atoms with van der Waals surface area (Å²) in [4.78, 5) is 35.5. The van der Waals surface area contributed by atoms with E-state index in [9.17, 15) is 19.7 Å². The fraction of sp³-hybridized carbons (Fsp3) is 0.0833. The second kappa shape index (κ2) is 5.04. The lowest BCUT2D eigenvalue weighted by Crippen LogP contribution is -2.05. The molecule has 0 bridgehead atoms. The van der Waals surface area contributed by atoms with Crippen molar-refractivity contribution in [3.05, 3.63) is 45.3 Å². The second-order valence-electron chi connectivity index (χ2n) is 4.06. The van der Waals surface area contributed by atoms with Gasteiger partial charge in [-0.15, -0.1) is 0 Å². The summed E-state index contributed by atoms with van der Waals surface area (Å²) in [6.45, 7) is 1.54. The number of carboxylic acids is 2. The fourth-order valence-electron chi connectivity index (χ4n) is 1.73. The van der Waals surface area contributed by atoms with Crippen molar-refractivity contribution in [2.24, 2.45) is 0 Å². The van der Waals surface area contributed by atoms with Crippen molar-refractivity contribution >= 4 is 17.6 Å². The van der Waals surface area contributed by atoms with Gasteiger partial charge in [0.05, 0.1) is 4.92 Å². The summed E-state index contributed by atoms with van der Waals surface area (Å²) in [5.41, 5.74) is -0.204. The minimum Gasteiger partial charge on any atom is -0.476 e. The Morgan fingerprint density at radius 2 is 1.95 bits per heavy atom. The highest BCUT2D eigenvalue weighted by Crippen LogP contribution is 2.28. The third-order valence-corrected chi connectivity index (χ3v) is 2.68.